The minimum atomic E-state index is -0.298. The number of nitrogens with one attached hydrogen (secondary N) is 2. The van der Waals surface area contributed by atoms with Gasteiger partial charge in [0.25, 0.3) is 5.91 Å². The van der Waals surface area contributed by atoms with Crippen LogP contribution in [0, 0.1) is 6.92 Å². The highest BCUT2D eigenvalue weighted by molar-refractivity contribution is 7.22. The molecule has 0 atom stereocenters. The minimum absolute atomic E-state index is 0.298. The largest absolute Gasteiger partial charge is 0.497 e. The van der Waals surface area contributed by atoms with Gasteiger partial charge in [0.2, 0.25) is 0 Å². The zero-order valence-electron chi connectivity index (χ0n) is 16.0. The molecule has 1 amide bonds. The third-order valence-electron chi connectivity index (χ3n) is 4.23. The fraction of sp³-hybridized carbons (Fsp3) is 0.150. The van der Waals surface area contributed by atoms with Crippen molar-refractivity contribution in [1.82, 2.24) is 9.97 Å². The van der Waals surface area contributed by atoms with Crippen molar-refractivity contribution < 1.29 is 14.3 Å². The first-order valence-corrected chi connectivity index (χ1v) is 10.4. The summed E-state index contributed by atoms with van der Waals surface area (Å²) in [4.78, 5) is 21.5. The van der Waals surface area contributed by atoms with E-state index in [-0.39, 0.29) is 5.91 Å². The fourth-order valence-corrected chi connectivity index (χ4v) is 4.40. The summed E-state index contributed by atoms with van der Waals surface area (Å²) in [5.74, 6) is 1.01. The van der Waals surface area contributed by atoms with Crippen LogP contribution in [0.4, 0.5) is 16.0 Å². The quantitative estimate of drug-likeness (QED) is 0.447. The fourth-order valence-electron chi connectivity index (χ4n) is 2.75. The normalized spacial score (nSPS) is 10.7. The molecule has 0 bridgehead atoms. The number of para-hydroxylation sites is 1. The molecule has 7 nitrogen and oxygen atoms in total. The van der Waals surface area contributed by atoms with Crippen molar-refractivity contribution in [2.24, 2.45) is 0 Å². The van der Waals surface area contributed by atoms with Crippen molar-refractivity contribution >= 4 is 54.7 Å². The van der Waals surface area contributed by atoms with Gasteiger partial charge in [-0.3, -0.25) is 10.1 Å². The highest BCUT2D eigenvalue weighted by Crippen LogP contribution is 2.33. The van der Waals surface area contributed by atoms with Crippen molar-refractivity contribution in [2.75, 3.05) is 24.9 Å². The maximum absolute atomic E-state index is 12.6. The first-order valence-electron chi connectivity index (χ1n) is 8.69. The number of hydrogen-bond acceptors (Lipinski definition) is 8. The maximum atomic E-state index is 12.6. The van der Waals surface area contributed by atoms with E-state index >= 15 is 0 Å². The molecule has 0 aliphatic carbocycles. The lowest BCUT2D eigenvalue weighted by Gasteiger charge is -2.10. The lowest BCUT2D eigenvalue weighted by molar-refractivity contribution is 0.102. The van der Waals surface area contributed by atoms with Gasteiger partial charge in [0.05, 0.1) is 30.1 Å². The number of fused-ring (bicyclic) bond motifs is 1. The number of methoxy groups -OCH3 is 2. The number of rotatable bonds is 6. The highest BCUT2D eigenvalue weighted by atomic mass is 32.1. The van der Waals surface area contributed by atoms with Gasteiger partial charge in [-0.1, -0.05) is 23.5 Å². The smallest absolute Gasteiger partial charge is 0.276 e. The van der Waals surface area contributed by atoms with E-state index in [1.807, 2.05) is 37.3 Å². The predicted molar refractivity (Wildman–Crippen MR) is 117 cm³/mol. The average molecular weight is 427 g/mol. The summed E-state index contributed by atoms with van der Waals surface area (Å²) in [6, 6.07) is 11.4. The van der Waals surface area contributed by atoms with Crippen LogP contribution in [0.3, 0.4) is 0 Å². The number of carbonyl (C=O) groups excluding carboxylic acids is 1. The number of hydrogen-bond donors (Lipinski definition) is 2. The van der Waals surface area contributed by atoms with Gasteiger partial charge < -0.3 is 14.8 Å². The van der Waals surface area contributed by atoms with Gasteiger partial charge in [-0.05, 0) is 30.7 Å². The van der Waals surface area contributed by atoms with Crippen LogP contribution in [0.15, 0.2) is 41.8 Å². The van der Waals surface area contributed by atoms with Crippen LogP contribution in [-0.4, -0.2) is 30.1 Å². The predicted octanol–water partition coefficient (Wildman–Crippen LogP) is 5.07. The maximum Gasteiger partial charge on any atom is 0.276 e. The number of benzene rings is 2. The second-order valence-corrected chi connectivity index (χ2v) is 8.01. The monoisotopic (exact) mass is 426 g/mol. The summed E-state index contributed by atoms with van der Waals surface area (Å²) in [7, 11) is 3.18. The molecule has 2 heterocycles. The Kier molecular flexibility index (Phi) is 5.32. The summed E-state index contributed by atoms with van der Waals surface area (Å²) < 4.78 is 11.6. The van der Waals surface area contributed by atoms with Gasteiger partial charge in [-0.25, -0.2) is 9.97 Å². The molecule has 9 heteroatoms. The second-order valence-electron chi connectivity index (χ2n) is 6.12. The Hall–Kier alpha value is -3.17. The van der Waals surface area contributed by atoms with E-state index < -0.39 is 0 Å². The minimum Gasteiger partial charge on any atom is -0.497 e. The summed E-state index contributed by atoms with van der Waals surface area (Å²) in [6.07, 6.45) is 0. The first-order chi connectivity index (χ1) is 14.1. The number of aryl methyl sites for hydroxylation is 1. The topological polar surface area (TPSA) is 85.4 Å². The van der Waals surface area contributed by atoms with Gasteiger partial charge in [0.1, 0.15) is 17.2 Å². The van der Waals surface area contributed by atoms with Crippen LogP contribution in [0.25, 0.3) is 10.2 Å². The molecule has 2 N–H and O–H groups in total. The molecule has 2 aromatic carbocycles. The summed E-state index contributed by atoms with van der Waals surface area (Å²) >= 11 is 2.77. The number of amides is 1. The highest BCUT2D eigenvalue weighted by Gasteiger charge is 2.15. The molecule has 0 radical (unpaired) electrons. The first kappa shape index (κ1) is 19.2. The van der Waals surface area contributed by atoms with E-state index in [1.165, 1.54) is 22.7 Å². The molecule has 4 aromatic rings. The molecule has 148 valence electrons. The van der Waals surface area contributed by atoms with Crippen LogP contribution in [0.5, 0.6) is 11.5 Å². The van der Waals surface area contributed by atoms with Crippen LogP contribution >= 0.6 is 22.7 Å². The zero-order valence-corrected chi connectivity index (χ0v) is 17.6. The van der Waals surface area contributed by atoms with Crippen LogP contribution < -0.4 is 20.1 Å². The third-order valence-corrected chi connectivity index (χ3v) is 5.92. The van der Waals surface area contributed by atoms with Gasteiger partial charge in [0, 0.05) is 11.4 Å². The van der Waals surface area contributed by atoms with Gasteiger partial charge in [0.15, 0.2) is 10.3 Å². The number of thiazole rings is 2. The van der Waals surface area contributed by atoms with Gasteiger partial charge in [-0.2, -0.15) is 0 Å². The lowest BCUT2D eigenvalue weighted by Crippen LogP contribution is -2.12. The van der Waals surface area contributed by atoms with E-state index in [0.717, 1.165) is 21.5 Å². The van der Waals surface area contributed by atoms with Crippen LogP contribution in [-0.2, 0) is 0 Å². The van der Waals surface area contributed by atoms with E-state index in [9.17, 15) is 4.79 Å². The summed E-state index contributed by atoms with van der Waals surface area (Å²) in [5.41, 5.74) is 3.03. The molecule has 0 aliphatic heterocycles. The molecule has 0 aliphatic rings. The zero-order chi connectivity index (χ0) is 20.4. The molecule has 0 unspecified atom stereocenters. The standard InChI is InChI=1S/C20H18N4O3S2/c1-11-5-4-6-16-17(11)23-20(29-16)24-18(25)14-10-28-19(22-14)21-13-8-7-12(26-2)9-15(13)27-3/h4-10H,1-3H3,(H,21,22)(H,23,24,25). The Balaban J connectivity index is 1.49. The Morgan fingerprint density at radius 3 is 2.69 bits per heavy atom. The molecule has 29 heavy (non-hydrogen) atoms. The molecular formula is C20H18N4O3S2. The van der Waals surface area contributed by atoms with Gasteiger partial charge in [-0.15, -0.1) is 11.3 Å². The number of aromatic nitrogens is 2. The summed E-state index contributed by atoms with van der Waals surface area (Å²) in [5, 5.41) is 8.85. The van der Waals surface area contributed by atoms with E-state index in [2.05, 4.69) is 20.6 Å². The molecule has 0 spiro atoms. The van der Waals surface area contributed by atoms with E-state index in [4.69, 9.17) is 9.47 Å². The van der Waals surface area contributed by atoms with E-state index in [0.29, 0.717) is 27.5 Å². The molecule has 0 saturated heterocycles. The Bertz CT molecular complexity index is 1190. The number of carbonyl (C=O) groups is 1. The second kappa shape index (κ2) is 8.06. The Morgan fingerprint density at radius 2 is 1.93 bits per heavy atom. The lowest BCUT2D eigenvalue weighted by atomic mass is 10.2. The van der Waals surface area contributed by atoms with Crippen molar-refractivity contribution in [3.8, 4) is 11.5 Å². The molecule has 0 saturated carbocycles. The van der Waals surface area contributed by atoms with Crippen molar-refractivity contribution in [3.05, 3.63) is 53.0 Å². The Morgan fingerprint density at radius 1 is 1.07 bits per heavy atom. The Labute approximate surface area is 175 Å². The SMILES string of the molecule is COc1ccc(Nc2nc(C(=O)Nc3nc4c(C)cccc4s3)cs2)c(OC)c1. The van der Waals surface area contributed by atoms with Crippen LogP contribution in [0.2, 0.25) is 0 Å². The molecular weight excluding hydrogens is 408 g/mol. The number of nitrogens with zero attached hydrogens (tertiary/aromatic N) is 2. The van der Waals surface area contributed by atoms with Crippen molar-refractivity contribution in [1.29, 1.82) is 0 Å². The average Bonchev–Trinajstić information content (AvgIpc) is 3.36. The van der Waals surface area contributed by atoms with Crippen LogP contribution in [0.1, 0.15) is 16.1 Å². The number of anilines is 3. The molecule has 4 rings (SSSR count). The summed E-state index contributed by atoms with van der Waals surface area (Å²) in [6.45, 7) is 2.00. The number of ether oxygens (including phenoxy) is 2. The third kappa shape index (κ3) is 4.01. The molecule has 0 fully saturated rings. The van der Waals surface area contributed by atoms with E-state index in [1.54, 1.807) is 25.7 Å². The molecule has 2 aromatic heterocycles. The van der Waals surface area contributed by atoms with Crippen molar-refractivity contribution in [3.63, 3.8) is 0 Å². The van der Waals surface area contributed by atoms with Gasteiger partial charge >= 0.3 is 0 Å². The van der Waals surface area contributed by atoms with Crippen molar-refractivity contribution in [2.45, 2.75) is 6.92 Å².